The molecular weight excluding hydrogens is 240 g/mol. The lowest BCUT2D eigenvalue weighted by Gasteiger charge is -2.37. The van der Waals surface area contributed by atoms with Crippen LogP contribution in [0.1, 0.15) is 25.5 Å². The molecule has 1 amide bonds. The lowest BCUT2D eigenvalue weighted by Crippen LogP contribution is -2.49. The number of hydrogen-bond donors (Lipinski definition) is 0. The van der Waals surface area contributed by atoms with E-state index in [2.05, 4.69) is 36.1 Å². The molecule has 0 spiro atoms. The highest BCUT2D eigenvalue weighted by Crippen LogP contribution is 2.21. The predicted octanol–water partition coefficient (Wildman–Crippen LogP) is 2.52. The molecule has 0 aromatic heterocycles. The number of amides is 1. The van der Waals surface area contributed by atoms with Gasteiger partial charge in [-0.05, 0) is 19.4 Å². The molecule has 1 aromatic carbocycles. The fourth-order valence-electron chi connectivity index (χ4n) is 2.45. The summed E-state index contributed by atoms with van der Waals surface area (Å²) in [6, 6.07) is 10.9. The second-order valence-electron chi connectivity index (χ2n) is 4.81. The Kier molecular flexibility index (Phi) is 4.80. The summed E-state index contributed by atoms with van der Waals surface area (Å²) in [5.41, 5.74) is 1.33. The first-order valence-corrected chi connectivity index (χ1v) is 6.93. The highest BCUT2D eigenvalue weighted by molar-refractivity contribution is 5.67. The number of carbonyl (C=O) groups is 1. The van der Waals surface area contributed by atoms with Crippen molar-refractivity contribution >= 4 is 6.09 Å². The number of carbonyl (C=O) groups excluding carboxylic acids is 1. The minimum Gasteiger partial charge on any atom is -0.450 e. The van der Waals surface area contributed by atoms with E-state index < -0.39 is 0 Å². The van der Waals surface area contributed by atoms with Crippen molar-refractivity contribution in [3.8, 4) is 0 Å². The lowest BCUT2D eigenvalue weighted by atomic mass is 10.1. The fourth-order valence-corrected chi connectivity index (χ4v) is 2.45. The van der Waals surface area contributed by atoms with Crippen molar-refractivity contribution < 1.29 is 9.53 Å². The molecule has 1 aromatic rings. The normalized spacial score (nSPS) is 18.1. The van der Waals surface area contributed by atoms with E-state index in [1.165, 1.54) is 5.56 Å². The highest BCUT2D eigenvalue weighted by Gasteiger charge is 2.25. The minimum absolute atomic E-state index is 0.186. The minimum atomic E-state index is -0.186. The number of hydrogen-bond acceptors (Lipinski definition) is 3. The molecule has 0 bridgehead atoms. The Labute approximate surface area is 115 Å². The number of rotatable bonds is 3. The number of benzene rings is 1. The van der Waals surface area contributed by atoms with Crippen LogP contribution in [0, 0.1) is 0 Å². The Bertz CT molecular complexity index is 400. The third kappa shape index (κ3) is 3.47. The van der Waals surface area contributed by atoms with Crippen LogP contribution in [0.5, 0.6) is 0 Å². The molecule has 1 saturated heterocycles. The average Bonchev–Trinajstić information content (AvgIpc) is 2.48. The van der Waals surface area contributed by atoms with Crippen molar-refractivity contribution in [2.24, 2.45) is 0 Å². The Balaban J connectivity index is 1.88. The highest BCUT2D eigenvalue weighted by atomic mass is 16.6. The zero-order valence-corrected chi connectivity index (χ0v) is 11.7. The molecule has 0 saturated carbocycles. The predicted molar refractivity (Wildman–Crippen MR) is 75.0 cm³/mol. The summed E-state index contributed by atoms with van der Waals surface area (Å²) in [5.74, 6) is 0. The zero-order valence-electron chi connectivity index (χ0n) is 11.7. The van der Waals surface area contributed by atoms with E-state index in [1.807, 2.05) is 13.0 Å². The van der Waals surface area contributed by atoms with Crippen LogP contribution < -0.4 is 0 Å². The van der Waals surface area contributed by atoms with Gasteiger partial charge in [0.2, 0.25) is 0 Å². The molecule has 19 heavy (non-hydrogen) atoms. The first-order valence-electron chi connectivity index (χ1n) is 6.93. The van der Waals surface area contributed by atoms with E-state index in [4.69, 9.17) is 4.74 Å². The second kappa shape index (κ2) is 6.57. The molecule has 1 aliphatic heterocycles. The summed E-state index contributed by atoms with van der Waals surface area (Å²) < 4.78 is 5.03. The van der Waals surface area contributed by atoms with Crippen molar-refractivity contribution in [3.63, 3.8) is 0 Å². The molecule has 1 unspecified atom stereocenters. The van der Waals surface area contributed by atoms with Crippen LogP contribution in [0.3, 0.4) is 0 Å². The number of ether oxygens (including phenoxy) is 1. The van der Waals surface area contributed by atoms with Gasteiger partial charge >= 0.3 is 6.09 Å². The molecule has 4 heteroatoms. The first kappa shape index (κ1) is 13.9. The summed E-state index contributed by atoms with van der Waals surface area (Å²) in [6.07, 6.45) is -0.186. The smallest absolute Gasteiger partial charge is 0.409 e. The van der Waals surface area contributed by atoms with E-state index in [0.717, 1.165) is 26.2 Å². The summed E-state index contributed by atoms with van der Waals surface area (Å²) in [5, 5.41) is 0. The summed E-state index contributed by atoms with van der Waals surface area (Å²) in [7, 11) is 0. The summed E-state index contributed by atoms with van der Waals surface area (Å²) >= 11 is 0. The summed E-state index contributed by atoms with van der Waals surface area (Å²) in [4.78, 5) is 15.8. The fraction of sp³-hybridized carbons (Fsp3) is 0.533. The molecule has 2 rings (SSSR count). The largest absolute Gasteiger partial charge is 0.450 e. The van der Waals surface area contributed by atoms with Gasteiger partial charge in [0.15, 0.2) is 0 Å². The molecule has 4 nitrogen and oxygen atoms in total. The molecular formula is C15H22N2O2. The molecule has 104 valence electrons. The number of nitrogens with zero attached hydrogens (tertiary/aromatic N) is 2. The van der Waals surface area contributed by atoms with Gasteiger partial charge in [-0.3, -0.25) is 4.90 Å². The van der Waals surface area contributed by atoms with Crippen LogP contribution in [-0.2, 0) is 4.74 Å². The first-order chi connectivity index (χ1) is 9.22. The molecule has 1 aliphatic rings. The van der Waals surface area contributed by atoms with Crippen LogP contribution in [0.2, 0.25) is 0 Å². The quantitative estimate of drug-likeness (QED) is 0.839. The Hall–Kier alpha value is -1.55. The third-order valence-corrected chi connectivity index (χ3v) is 3.67. The number of piperazine rings is 1. The maximum atomic E-state index is 11.6. The molecule has 0 N–H and O–H groups in total. The molecule has 1 fully saturated rings. The SMILES string of the molecule is CCOC(=O)N1CCN(C(C)c2ccccc2)CC1. The zero-order chi connectivity index (χ0) is 13.7. The van der Waals surface area contributed by atoms with Crippen molar-refractivity contribution in [1.29, 1.82) is 0 Å². The lowest BCUT2D eigenvalue weighted by molar-refractivity contribution is 0.0686. The van der Waals surface area contributed by atoms with Crippen LogP contribution in [0.4, 0.5) is 4.79 Å². The van der Waals surface area contributed by atoms with Gasteiger partial charge in [-0.15, -0.1) is 0 Å². The third-order valence-electron chi connectivity index (χ3n) is 3.67. The van der Waals surface area contributed by atoms with E-state index in [0.29, 0.717) is 12.6 Å². The topological polar surface area (TPSA) is 32.8 Å². The molecule has 1 heterocycles. The van der Waals surface area contributed by atoms with Gasteiger partial charge in [0.1, 0.15) is 0 Å². The Morgan fingerprint density at radius 1 is 1.21 bits per heavy atom. The van der Waals surface area contributed by atoms with Crippen LogP contribution in [0.15, 0.2) is 30.3 Å². The van der Waals surface area contributed by atoms with Gasteiger partial charge in [-0.1, -0.05) is 30.3 Å². The standard InChI is InChI=1S/C15H22N2O2/c1-3-19-15(18)17-11-9-16(10-12-17)13(2)14-7-5-4-6-8-14/h4-8,13H,3,9-12H2,1-2H3. The Morgan fingerprint density at radius 2 is 1.84 bits per heavy atom. The second-order valence-corrected chi connectivity index (χ2v) is 4.81. The van der Waals surface area contributed by atoms with Gasteiger partial charge in [-0.25, -0.2) is 4.79 Å². The van der Waals surface area contributed by atoms with Gasteiger partial charge in [0, 0.05) is 32.2 Å². The maximum absolute atomic E-state index is 11.6. The van der Waals surface area contributed by atoms with Gasteiger partial charge in [0.05, 0.1) is 6.61 Å². The van der Waals surface area contributed by atoms with E-state index in [1.54, 1.807) is 4.90 Å². The van der Waals surface area contributed by atoms with E-state index in [9.17, 15) is 4.79 Å². The van der Waals surface area contributed by atoms with Gasteiger partial charge < -0.3 is 9.64 Å². The molecule has 0 aliphatic carbocycles. The average molecular weight is 262 g/mol. The van der Waals surface area contributed by atoms with E-state index in [-0.39, 0.29) is 6.09 Å². The van der Waals surface area contributed by atoms with Gasteiger partial charge in [-0.2, -0.15) is 0 Å². The van der Waals surface area contributed by atoms with Crippen LogP contribution in [0.25, 0.3) is 0 Å². The van der Waals surface area contributed by atoms with Crippen molar-refractivity contribution in [1.82, 2.24) is 9.80 Å². The summed E-state index contributed by atoms with van der Waals surface area (Å²) in [6.45, 7) is 7.79. The van der Waals surface area contributed by atoms with Crippen LogP contribution >= 0.6 is 0 Å². The van der Waals surface area contributed by atoms with E-state index >= 15 is 0 Å². The molecule has 0 radical (unpaired) electrons. The monoisotopic (exact) mass is 262 g/mol. The van der Waals surface area contributed by atoms with Crippen molar-refractivity contribution in [2.45, 2.75) is 19.9 Å². The van der Waals surface area contributed by atoms with Crippen molar-refractivity contribution in [2.75, 3.05) is 32.8 Å². The Morgan fingerprint density at radius 3 is 2.42 bits per heavy atom. The maximum Gasteiger partial charge on any atom is 0.409 e. The van der Waals surface area contributed by atoms with Crippen LogP contribution in [-0.4, -0.2) is 48.7 Å². The van der Waals surface area contributed by atoms with Crippen molar-refractivity contribution in [3.05, 3.63) is 35.9 Å². The van der Waals surface area contributed by atoms with Gasteiger partial charge in [0.25, 0.3) is 0 Å². The molecule has 1 atom stereocenters.